The van der Waals surface area contributed by atoms with Crippen molar-refractivity contribution in [2.75, 3.05) is 13.2 Å². The van der Waals surface area contributed by atoms with E-state index in [1.54, 1.807) is 0 Å². The SMILES string of the molecule is CC(C)CCCOC(=O)C1NCCC1C. The van der Waals surface area contributed by atoms with Crippen LogP contribution < -0.4 is 5.32 Å². The lowest BCUT2D eigenvalue weighted by atomic mass is 10.0. The molecule has 0 aliphatic carbocycles. The highest BCUT2D eigenvalue weighted by Crippen LogP contribution is 2.15. The average Bonchev–Trinajstić information content (AvgIpc) is 2.58. The third-order valence-corrected chi connectivity index (χ3v) is 2.96. The van der Waals surface area contributed by atoms with E-state index < -0.39 is 0 Å². The van der Waals surface area contributed by atoms with Gasteiger partial charge in [-0.05, 0) is 37.6 Å². The van der Waals surface area contributed by atoms with Crippen LogP contribution in [0.4, 0.5) is 0 Å². The molecule has 0 radical (unpaired) electrons. The average molecular weight is 213 g/mol. The number of hydrogen-bond donors (Lipinski definition) is 1. The highest BCUT2D eigenvalue weighted by Gasteiger charge is 2.30. The molecular weight excluding hydrogens is 190 g/mol. The molecule has 3 nitrogen and oxygen atoms in total. The number of carbonyl (C=O) groups excluding carboxylic acids is 1. The van der Waals surface area contributed by atoms with E-state index in [9.17, 15) is 4.79 Å². The molecule has 0 spiro atoms. The minimum absolute atomic E-state index is 0.0657. The van der Waals surface area contributed by atoms with E-state index in [-0.39, 0.29) is 12.0 Å². The van der Waals surface area contributed by atoms with Crippen molar-refractivity contribution in [3.8, 4) is 0 Å². The lowest BCUT2D eigenvalue weighted by Gasteiger charge is -2.14. The Morgan fingerprint density at radius 2 is 2.27 bits per heavy atom. The van der Waals surface area contributed by atoms with E-state index in [1.807, 2.05) is 0 Å². The summed E-state index contributed by atoms with van der Waals surface area (Å²) in [6.07, 6.45) is 3.18. The highest BCUT2D eigenvalue weighted by molar-refractivity contribution is 5.76. The van der Waals surface area contributed by atoms with E-state index in [2.05, 4.69) is 26.1 Å². The van der Waals surface area contributed by atoms with E-state index in [1.165, 1.54) is 0 Å². The molecule has 0 amide bonds. The van der Waals surface area contributed by atoms with Gasteiger partial charge in [-0.2, -0.15) is 0 Å². The summed E-state index contributed by atoms with van der Waals surface area (Å²) in [6.45, 7) is 7.97. The van der Waals surface area contributed by atoms with Crippen molar-refractivity contribution < 1.29 is 9.53 Å². The molecule has 2 atom stereocenters. The van der Waals surface area contributed by atoms with E-state index >= 15 is 0 Å². The summed E-state index contributed by atoms with van der Waals surface area (Å²) in [5, 5.41) is 3.18. The van der Waals surface area contributed by atoms with Gasteiger partial charge in [-0.3, -0.25) is 4.79 Å². The summed E-state index contributed by atoms with van der Waals surface area (Å²) in [4.78, 5) is 11.6. The second kappa shape index (κ2) is 6.11. The van der Waals surface area contributed by atoms with Crippen LogP contribution >= 0.6 is 0 Å². The van der Waals surface area contributed by atoms with Gasteiger partial charge in [0.2, 0.25) is 0 Å². The first-order valence-electron chi connectivity index (χ1n) is 6.01. The smallest absolute Gasteiger partial charge is 0.323 e. The number of carbonyl (C=O) groups is 1. The van der Waals surface area contributed by atoms with Crippen LogP contribution in [0.5, 0.6) is 0 Å². The normalized spacial score (nSPS) is 25.9. The molecule has 1 fully saturated rings. The molecule has 88 valence electrons. The Hall–Kier alpha value is -0.570. The molecule has 0 aromatic carbocycles. The van der Waals surface area contributed by atoms with Crippen LogP contribution in [0, 0.1) is 11.8 Å². The van der Waals surface area contributed by atoms with Crippen LogP contribution in [0.15, 0.2) is 0 Å². The van der Waals surface area contributed by atoms with Gasteiger partial charge in [-0.25, -0.2) is 0 Å². The zero-order valence-corrected chi connectivity index (χ0v) is 10.1. The maximum atomic E-state index is 11.6. The molecule has 1 aliphatic heterocycles. The topological polar surface area (TPSA) is 38.3 Å². The van der Waals surface area contributed by atoms with E-state index in [0.29, 0.717) is 18.4 Å². The summed E-state index contributed by atoms with van der Waals surface area (Å²) >= 11 is 0. The largest absolute Gasteiger partial charge is 0.465 e. The third kappa shape index (κ3) is 4.20. The van der Waals surface area contributed by atoms with Gasteiger partial charge in [-0.1, -0.05) is 20.8 Å². The fraction of sp³-hybridized carbons (Fsp3) is 0.917. The van der Waals surface area contributed by atoms with Crippen LogP contribution in [-0.2, 0) is 9.53 Å². The summed E-state index contributed by atoms with van der Waals surface area (Å²) in [7, 11) is 0. The molecule has 15 heavy (non-hydrogen) atoms. The lowest BCUT2D eigenvalue weighted by molar-refractivity contribution is -0.146. The second-order valence-corrected chi connectivity index (χ2v) is 4.90. The molecule has 1 rings (SSSR count). The monoisotopic (exact) mass is 213 g/mol. The van der Waals surface area contributed by atoms with Gasteiger partial charge in [0.1, 0.15) is 6.04 Å². The van der Waals surface area contributed by atoms with Crippen LogP contribution in [0.3, 0.4) is 0 Å². The predicted molar refractivity (Wildman–Crippen MR) is 60.6 cm³/mol. The van der Waals surface area contributed by atoms with Gasteiger partial charge in [0, 0.05) is 0 Å². The first kappa shape index (κ1) is 12.5. The van der Waals surface area contributed by atoms with E-state index in [4.69, 9.17) is 4.74 Å². The Labute approximate surface area is 92.6 Å². The number of hydrogen-bond acceptors (Lipinski definition) is 3. The number of ether oxygens (including phenoxy) is 1. The minimum atomic E-state index is -0.0660. The zero-order valence-electron chi connectivity index (χ0n) is 10.1. The van der Waals surface area contributed by atoms with E-state index in [0.717, 1.165) is 25.8 Å². The summed E-state index contributed by atoms with van der Waals surface area (Å²) in [5.74, 6) is 1.04. The van der Waals surface area contributed by atoms with Crippen LogP contribution in [0.1, 0.15) is 40.0 Å². The lowest BCUT2D eigenvalue weighted by Crippen LogP contribution is -2.36. The maximum Gasteiger partial charge on any atom is 0.323 e. The number of rotatable bonds is 5. The van der Waals surface area contributed by atoms with Gasteiger partial charge in [0.25, 0.3) is 0 Å². The van der Waals surface area contributed by atoms with Gasteiger partial charge in [-0.15, -0.1) is 0 Å². The molecule has 0 aromatic heterocycles. The summed E-state index contributed by atoms with van der Waals surface area (Å²) in [5.41, 5.74) is 0. The standard InChI is InChI=1S/C12H23NO2/c1-9(2)5-4-8-15-12(14)11-10(3)6-7-13-11/h9-11,13H,4-8H2,1-3H3. The number of esters is 1. The van der Waals surface area contributed by atoms with Crippen molar-refractivity contribution in [1.29, 1.82) is 0 Å². The maximum absolute atomic E-state index is 11.6. The molecule has 1 aliphatic rings. The molecule has 0 aromatic rings. The Morgan fingerprint density at radius 3 is 2.80 bits per heavy atom. The summed E-state index contributed by atoms with van der Waals surface area (Å²) in [6, 6.07) is -0.0657. The zero-order chi connectivity index (χ0) is 11.3. The van der Waals surface area contributed by atoms with Gasteiger partial charge in [0.05, 0.1) is 6.61 Å². The molecule has 0 saturated carbocycles. The van der Waals surface area contributed by atoms with Gasteiger partial charge in [0.15, 0.2) is 0 Å². The highest BCUT2D eigenvalue weighted by atomic mass is 16.5. The van der Waals surface area contributed by atoms with Gasteiger partial charge < -0.3 is 10.1 Å². The van der Waals surface area contributed by atoms with Crippen molar-refractivity contribution in [3.05, 3.63) is 0 Å². The van der Waals surface area contributed by atoms with Crippen LogP contribution in [0.25, 0.3) is 0 Å². The van der Waals surface area contributed by atoms with Crippen molar-refractivity contribution in [2.24, 2.45) is 11.8 Å². The fourth-order valence-electron chi connectivity index (χ4n) is 1.90. The van der Waals surface area contributed by atoms with Crippen molar-refractivity contribution in [1.82, 2.24) is 5.32 Å². The molecule has 1 saturated heterocycles. The molecule has 1 N–H and O–H groups in total. The minimum Gasteiger partial charge on any atom is -0.465 e. The molecule has 1 heterocycles. The number of nitrogens with one attached hydrogen (secondary N) is 1. The van der Waals surface area contributed by atoms with Gasteiger partial charge >= 0.3 is 5.97 Å². The van der Waals surface area contributed by atoms with Crippen molar-refractivity contribution in [3.63, 3.8) is 0 Å². The first-order chi connectivity index (χ1) is 7.11. The predicted octanol–water partition coefficient (Wildman–Crippen LogP) is 1.96. The second-order valence-electron chi connectivity index (χ2n) is 4.90. The van der Waals surface area contributed by atoms with Crippen LogP contribution in [0.2, 0.25) is 0 Å². The summed E-state index contributed by atoms with van der Waals surface area (Å²) < 4.78 is 5.25. The third-order valence-electron chi connectivity index (χ3n) is 2.96. The Kier molecular flexibility index (Phi) is 5.09. The Balaban J connectivity index is 2.13. The van der Waals surface area contributed by atoms with Crippen LogP contribution in [-0.4, -0.2) is 25.2 Å². The molecule has 2 unspecified atom stereocenters. The molecule has 3 heteroatoms. The Bertz CT molecular complexity index is 204. The molecular formula is C12H23NO2. The first-order valence-corrected chi connectivity index (χ1v) is 6.01. The fourth-order valence-corrected chi connectivity index (χ4v) is 1.90. The van der Waals surface area contributed by atoms with Crippen molar-refractivity contribution >= 4 is 5.97 Å². The quantitative estimate of drug-likeness (QED) is 0.560. The molecule has 0 bridgehead atoms. The van der Waals surface area contributed by atoms with Crippen molar-refractivity contribution in [2.45, 2.75) is 46.1 Å². The Morgan fingerprint density at radius 1 is 1.53 bits per heavy atom.